The van der Waals surface area contributed by atoms with Gasteiger partial charge in [-0.15, -0.1) is 0 Å². The first-order valence-electron chi connectivity index (χ1n) is 10.1. The molecular formula is C25H22N4O3. The number of non-ortho nitro benzene ring substituents is 1. The molecule has 0 atom stereocenters. The summed E-state index contributed by atoms with van der Waals surface area (Å²) in [6.45, 7) is 5.83. The van der Waals surface area contributed by atoms with Crippen LogP contribution in [0.2, 0.25) is 0 Å². The summed E-state index contributed by atoms with van der Waals surface area (Å²) in [6, 6.07) is 21.4. The number of nitro benzene ring substituents is 1. The third-order valence-corrected chi connectivity index (χ3v) is 5.14. The molecule has 0 bridgehead atoms. The van der Waals surface area contributed by atoms with E-state index in [0.717, 1.165) is 22.4 Å². The molecule has 0 aliphatic carbocycles. The Morgan fingerprint density at radius 2 is 1.59 bits per heavy atom. The average molecular weight is 426 g/mol. The number of H-pyrrole nitrogens is 1. The number of rotatable bonds is 5. The van der Waals surface area contributed by atoms with Gasteiger partial charge in [0.25, 0.3) is 11.2 Å². The molecule has 1 heterocycles. The summed E-state index contributed by atoms with van der Waals surface area (Å²) in [5.74, 6) is 0. The molecule has 0 aliphatic heterocycles. The molecule has 160 valence electrons. The first-order chi connectivity index (χ1) is 15.3. The molecule has 0 aliphatic rings. The van der Waals surface area contributed by atoms with Gasteiger partial charge in [0, 0.05) is 17.7 Å². The maximum atomic E-state index is 13.5. The largest absolute Gasteiger partial charge is 0.290 e. The Hall–Kier alpha value is -4.26. The Balaban J connectivity index is 1.89. The zero-order valence-corrected chi connectivity index (χ0v) is 18.0. The van der Waals surface area contributed by atoms with Crippen LogP contribution < -0.4 is 5.56 Å². The Morgan fingerprint density at radius 1 is 0.969 bits per heavy atom. The second-order valence-corrected chi connectivity index (χ2v) is 7.69. The monoisotopic (exact) mass is 426 g/mol. The van der Waals surface area contributed by atoms with Crippen molar-refractivity contribution in [2.24, 2.45) is 4.99 Å². The molecule has 0 spiro atoms. The molecule has 3 aromatic carbocycles. The number of hydrogen-bond acceptors (Lipinski definition) is 4. The van der Waals surface area contributed by atoms with E-state index in [2.05, 4.69) is 11.2 Å². The van der Waals surface area contributed by atoms with Gasteiger partial charge < -0.3 is 0 Å². The second-order valence-electron chi connectivity index (χ2n) is 7.69. The van der Waals surface area contributed by atoms with E-state index in [1.54, 1.807) is 12.1 Å². The van der Waals surface area contributed by atoms with Crippen LogP contribution in [-0.4, -0.2) is 20.4 Å². The number of nitrogens with one attached hydrogen (secondary N) is 1. The Labute approximate surface area is 184 Å². The highest BCUT2D eigenvalue weighted by Gasteiger charge is 2.20. The summed E-state index contributed by atoms with van der Waals surface area (Å²) in [5, 5.41) is 14.2. The third-order valence-electron chi connectivity index (χ3n) is 5.14. The van der Waals surface area contributed by atoms with Crippen molar-refractivity contribution < 1.29 is 4.92 Å². The number of aliphatic imine (C=N–C) groups is 1. The van der Waals surface area contributed by atoms with Crippen molar-refractivity contribution in [3.8, 4) is 16.9 Å². The first kappa shape index (κ1) is 21.0. The van der Waals surface area contributed by atoms with Crippen LogP contribution in [0.15, 0.2) is 82.6 Å². The fourth-order valence-corrected chi connectivity index (χ4v) is 3.76. The van der Waals surface area contributed by atoms with Crippen LogP contribution in [0, 0.1) is 24.0 Å². The van der Waals surface area contributed by atoms with Gasteiger partial charge in [-0.25, -0.2) is 4.68 Å². The molecule has 0 saturated heterocycles. The lowest BCUT2D eigenvalue weighted by atomic mass is 10.0. The molecule has 0 fully saturated rings. The summed E-state index contributed by atoms with van der Waals surface area (Å²) >= 11 is 0. The highest BCUT2D eigenvalue weighted by molar-refractivity contribution is 6.04. The Bertz CT molecular complexity index is 1360. The van der Waals surface area contributed by atoms with Gasteiger partial charge in [-0.3, -0.25) is 25.0 Å². The Kier molecular flexibility index (Phi) is 5.55. The molecule has 1 aromatic heterocycles. The minimum Gasteiger partial charge on any atom is -0.290 e. The fraction of sp³-hybridized carbons (Fsp3) is 0.120. The van der Waals surface area contributed by atoms with Gasteiger partial charge >= 0.3 is 0 Å². The number of aromatic amines is 1. The van der Waals surface area contributed by atoms with E-state index in [-0.39, 0.29) is 11.2 Å². The fourth-order valence-electron chi connectivity index (χ4n) is 3.76. The van der Waals surface area contributed by atoms with Crippen LogP contribution in [0.5, 0.6) is 0 Å². The number of nitrogens with zero attached hydrogens (tertiary/aromatic N) is 3. The van der Waals surface area contributed by atoms with E-state index in [1.807, 2.05) is 63.2 Å². The van der Waals surface area contributed by atoms with Crippen LogP contribution in [0.4, 0.5) is 11.4 Å². The summed E-state index contributed by atoms with van der Waals surface area (Å²) in [4.78, 5) is 28.7. The van der Waals surface area contributed by atoms with E-state index >= 15 is 0 Å². The summed E-state index contributed by atoms with van der Waals surface area (Å²) < 4.78 is 1.39. The van der Waals surface area contributed by atoms with E-state index in [1.165, 1.54) is 16.8 Å². The van der Waals surface area contributed by atoms with Gasteiger partial charge in [-0.05, 0) is 56.2 Å². The smallest absolute Gasteiger partial charge is 0.280 e. The van der Waals surface area contributed by atoms with Gasteiger partial charge in [0.15, 0.2) is 0 Å². The predicted molar refractivity (Wildman–Crippen MR) is 126 cm³/mol. The molecule has 0 unspecified atom stereocenters. The summed E-state index contributed by atoms with van der Waals surface area (Å²) in [7, 11) is 0. The second kappa shape index (κ2) is 8.47. The van der Waals surface area contributed by atoms with Crippen LogP contribution >= 0.6 is 0 Å². The quantitative estimate of drug-likeness (QED) is 0.259. The van der Waals surface area contributed by atoms with Gasteiger partial charge in [0.2, 0.25) is 0 Å². The number of aryl methyl sites for hydroxylation is 2. The van der Waals surface area contributed by atoms with Crippen LogP contribution in [0.3, 0.4) is 0 Å². The number of nitro groups is 1. The molecule has 32 heavy (non-hydrogen) atoms. The summed E-state index contributed by atoms with van der Waals surface area (Å²) in [5.41, 5.74) is 5.67. The standard InChI is InChI=1S/C25H22N4O3/c1-16-13-17(2)15-20(14-16)26-18(3)23-24(19-7-5-4-6-8-19)27-28(25(23)30)21-9-11-22(12-10-21)29(31)32/h4-15,27H,1-3H3. The van der Waals surface area contributed by atoms with E-state index in [4.69, 9.17) is 4.99 Å². The molecule has 0 saturated carbocycles. The highest BCUT2D eigenvalue weighted by atomic mass is 16.6. The molecule has 1 N–H and O–H groups in total. The van der Waals surface area contributed by atoms with Gasteiger partial charge in [0.05, 0.1) is 33.3 Å². The van der Waals surface area contributed by atoms with Crippen molar-refractivity contribution in [1.82, 2.24) is 9.78 Å². The van der Waals surface area contributed by atoms with Crippen molar-refractivity contribution in [2.45, 2.75) is 20.8 Å². The maximum Gasteiger partial charge on any atom is 0.280 e. The van der Waals surface area contributed by atoms with Crippen molar-refractivity contribution in [3.63, 3.8) is 0 Å². The molecule has 0 amide bonds. The SMILES string of the molecule is CC(=Nc1cc(C)cc(C)c1)c1c(-c2ccccc2)[nH]n(-c2ccc([N+](=O)[O-])cc2)c1=O. The zero-order chi connectivity index (χ0) is 22.8. The van der Waals surface area contributed by atoms with Gasteiger partial charge in [-0.1, -0.05) is 36.4 Å². The van der Waals surface area contributed by atoms with E-state index < -0.39 is 4.92 Å². The van der Waals surface area contributed by atoms with E-state index in [0.29, 0.717) is 22.7 Å². The molecule has 4 rings (SSSR count). The van der Waals surface area contributed by atoms with Crippen LogP contribution in [0.25, 0.3) is 16.9 Å². The number of benzene rings is 3. The lowest BCUT2D eigenvalue weighted by Crippen LogP contribution is -2.19. The van der Waals surface area contributed by atoms with Crippen LogP contribution in [0.1, 0.15) is 23.6 Å². The molecule has 0 radical (unpaired) electrons. The minimum absolute atomic E-state index is 0.0376. The lowest BCUT2D eigenvalue weighted by molar-refractivity contribution is -0.384. The lowest BCUT2D eigenvalue weighted by Gasteiger charge is -2.04. The first-order valence-corrected chi connectivity index (χ1v) is 10.1. The van der Waals surface area contributed by atoms with Crippen molar-refractivity contribution >= 4 is 17.1 Å². The van der Waals surface area contributed by atoms with Crippen molar-refractivity contribution in [3.05, 3.63) is 110 Å². The van der Waals surface area contributed by atoms with Crippen molar-refractivity contribution in [1.29, 1.82) is 0 Å². The maximum absolute atomic E-state index is 13.5. The normalized spacial score (nSPS) is 11.5. The number of hydrogen-bond donors (Lipinski definition) is 1. The molecule has 7 heteroatoms. The van der Waals surface area contributed by atoms with Gasteiger partial charge in [0.1, 0.15) is 0 Å². The van der Waals surface area contributed by atoms with Crippen molar-refractivity contribution in [2.75, 3.05) is 0 Å². The molecule has 7 nitrogen and oxygen atoms in total. The zero-order valence-electron chi connectivity index (χ0n) is 18.0. The Morgan fingerprint density at radius 3 is 2.19 bits per heavy atom. The summed E-state index contributed by atoms with van der Waals surface area (Å²) in [6.07, 6.45) is 0. The average Bonchev–Trinajstić information content (AvgIpc) is 3.11. The predicted octanol–water partition coefficient (Wildman–Crippen LogP) is 5.50. The van der Waals surface area contributed by atoms with Crippen LogP contribution in [-0.2, 0) is 0 Å². The molecule has 4 aromatic rings. The van der Waals surface area contributed by atoms with Gasteiger partial charge in [-0.2, -0.15) is 0 Å². The highest BCUT2D eigenvalue weighted by Crippen LogP contribution is 2.24. The minimum atomic E-state index is -0.470. The van der Waals surface area contributed by atoms with E-state index in [9.17, 15) is 14.9 Å². The third kappa shape index (κ3) is 4.13. The number of aromatic nitrogens is 2. The topological polar surface area (TPSA) is 93.3 Å². The molecular weight excluding hydrogens is 404 g/mol.